The van der Waals surface area contributed by atoms with Gasteiger partial charge in [0.15, 0.2) is 0 Å². The minimum atomic E-state index is -1.02. The molecule has 25 heavy (non-hydrogen) atoms. The molecule has 0 spiro atoms. The third-order valence-electron chi connectivity index (χ3n) is 4.40. The smallest absolute Gasteiger partial charge is 0.410 e. The number of benzene rings is 2. The molecule has 132 valence electrons. The van der Waals surface area contributed by atoms with E-state index in [2.05, 4.69) is 5.32 Å². The van der Waals surface area contributed by atoms with Crippen LogP contribution in [0.25, 0.3) is 0 Å². The predicted molar refractivity (Wildman–Crippen MR) is 94.7 cm³/mol. The highest BCUT2D eigenvalue weighted by atomic mass is 19.1. The first-order valence-corrected chi connectivity index (χ1v) is 8.56. The van der Waals surface area contributed by atoms with Gasteiger partial charge in [0.05, 0.1) is 6.54 Å². The topological polar surface area (TPSA) is 41.6 Å². The van der Waals surface area contributed by atoms with Gasteiger partial charge in [-0.25, -0.2) is 9.18 Å². The van der Waals surface area contributed by atoms with E-state index in [1.54, 1.807) is 0 Å². The summed E-state index contributed by atoms with van der Waals surface area (Å²) < 4.78 is 19.5. The number of hydrogen-bond donors (Lipinski definition) is 1. The van der Waals surface area contributed by atoms with Gasteiger partial charge < -0.3 is 15.0 Å². The van der Waals surface area contributed by atoms with Crippen LogP contribution in [-0.4, -0.2) is 36.8 Å². The number of nitrogens with one attached hydrogen (secondary N) is 1. The lowest BCUT2D eigenvalue weighted by atomic mass is 10.1. The van der Waals surface area contributed by atoms with Gasteiger partial charge >= 0.3 is 6.09 Å². The van der Waals surface area contributed by atoms with Crippen molar-refractivity contribution in [1.82, 2.24) is 10.2 Å². The molecule has 1 fully saturated rings. The zero-order valence-corrected chi connectivity index (χ0v) is 14.1. The Bertz CT molecular complexity index is 666. The largest absolute Gasteiger partial charge is 0.445 e. The molecule has 2 atom stereocenters. The average molecular weight is 342 g/mol. The summed E-state index contributed by atoms with van der Waals surface area (Å²) in [5.41, 5.74) is 2.09. The standard InChI is InChI=1S/C20H23FN2O2/c21-19-14-23(20(24)25-15-17-9-5-2-6-10-17)13-18(19)12-22-11-16-7-3-1-4-8-16/h1-10,18-19,22H,11-15H2/t18-,19+/m1/s1. The van der Waals surface area contributed by atoms with Crippen LogP contribution in [0.2, 0.25) is 0 Å². The van der Waals surface area contributed by atoms with Crippen LogP contribution in [0.3, 0.4) is 0 Å². The summed E-state index contributed by atoms with van der Waals surface area (Å²) in [4.78, 5) is 13.6. The lowest BCUT2D eigenvalue weighted by Gasteiger charge is -2.16. The molecule has 2 aromatic rings. The number of rotatable bonds is 6. The van der Waals surface area contributed by atoms with E-state index in [1.165, 1.54) is 4.90 Å². The molecule has 0 aliphatic carbocycles. The Hall–Kier alpha value is -2.40. The highest BCUT2D eigenvalue weighted by Crippen LogP contribution is 2.20. The Balaban J connectivity index is 1.42. The summed E-state index contributed by atoms with van der Waals surface area (Å²) >= 11 is 0. The predicted octanol–water partition coefficient (Wildman–Crippen LogP) is 3.38. The Kier molecular flexibility index (Phi) is 6.01. The third kappa shape index (κ3) is 5.03. The van der Waals surface area contributed by atoms with Crippen molar-refractivity contribution in [2.24, 2.45) is 5.92 Å². The summed E-state index contributed by atoms with van der Waals surface area (Å²) in [7, 11) is 0. The molecular weight excluding hydrogens is 319 g/mol. The SMILES string of the molecule is O=C(OCc1ccccc1)N1C[C@@H](CNCc2ccccc2)[C@@H](F)C1. The number of carbonyl (C=O) groups is 1. The van der Waals surface area contributed by atoms with Crippen molar-refractivity contribution in [1.29, 1.82) is 0 Å². The fraction of sp³-hybridized carbons (Fsp3) is 0.350. The number of likely N-dealkylation sites (tertiary alicyclic amines) is 1. The fourth-order valence-corrected chi connectivity index (χ4v) is 2.98. The molecule has 1 saturated heterocycles. The summed E-state index contributed by atoms with van der Waals surface area (Å²) in [6.07, 6.45) is -1.47. The molecular formula is C20H23FN2O2. The van der Waals surface area contributed by atoms with Crippen molar-refractivity contribution in [2.45, 2.75) is 19.3 Å². The van der Waals surface area contributed by atoms with E-state index in [0.29, 0.717) is 19.6 Å². The third-order valence-corrected chi connectivity index (χ3v) is 4.40. The van der Waals surface area contributed by atoms with Gasteiger partial charge in [0.25, 0.3) is 0 Å². The van der Waals surface area contributed by atoms with E-state index in [4.69, 9.17) is 4.74 Å². The van der Waals surface area contributed by atoms with Gasteiger partial charge in [-0.2, -0.15) is 0 Å². The normalized spacial score (nSPS) is 19.8. The maximum atomic E-state index is 14.2. The van der Waals surface area contributed by atoms with Crippen molar-refractivity contribution in [3.8, 4) is 0 Å². The molecule has 1 aliphatic heterocycles. The van der Waals surface area contributed by atoms with Crippen LogP contribution >= 0.6 is 0 Å². The molecule has 0 unspecified atom stereocenters. The van der Waals surface area contributed by atoms with E-state index >= 15 is 0 Å². The van der Waals surface area contributed by atoms with Gasteiger partial charge in [-0.15, -0.1) is 0 Å². The van der Waals surface area contributed by atoms with Crippen molar-refractivity contribution in [3.05, 3.63) is 71.8 Å². The summed E-state index contributed by atoms with van der Waals surface area (Å²) in [6.45, 7) is 1.94. The number of ether oxygens (including phenoxy) is 1. The zero-order chi connectivity index (χ0) is 17.5. The lowest BCUT2D eigenvalue weighted by Crippen LogP contribution is -2.31. The second kappa shape index (κ2) is 8.62. The van der Waals surface area contributed by atoms with E-state index in [1.807, 2.05) is 60.7 Å². The van der Waals surface area contributed by atoms with Crippen LogP contribution in [0, 0.1) is 5.92 Å². The zero-order valence-electron chi connectivity index (χ0n) is 14.1. The van der Waals surface area contributed by atoms with E-state index in [-0.39, 0.29) is 19.1 Å². The molecule has 1 heterocycles. The highest BCUT2D eigenvalue weighted by Gasteiger charge is 2.35. The van der Waals surface area contributed by atoms with E-state index in [9.17, 15) is 9.18 Å². The van der Waals surface area contributed by atoms with Gasteiger partial charge in [0.1, 0.15) is 12.8 Å². The first-order chi connectivity index (χ1) is 12.2. The number of alkyl halides is 1. The van der Waals surface area contributed by atoms with Crippen molar-refractivity contribution in [2.75, 3.05) is 19.6 Å². The summed E-state index contributed by atoms with van der Waals surface area (Å²) in [5, 5.41) is 3.27. The molecule has 4 nitrogen and oxygen atoms in total. The van der Waals surface area contributed by atoms with Crippen molar-refractivity contribution < 1.29 is 13.9 Å². The molecule has 1 N–H and O–H groups in total. The number of carbonyl (C=O) groups excluding carboxylic acids is 1. The number of nitrogens with zero attached hydrogens (tertiary/aromatic N) is 1. The molecule has 3 rings (SSSR count). The molecule has 1 aliphatic rings. The summed E-state index contributed by atoms with van der Waals surface area (Å²) in [6, 6.07) is 19.5. The number of amides is 1. The van der Waals surface area contributed by atoms with Gasteiger partial charge in [-0.05, 0) is 11.1 Å². The van der Waals surface area contributed by atoms with Crippen LogP contribution < -0.4 is 5.32 Å². The monoisotopic (exact) mass is 342 g/mol. The molecule has 0 radical (unpaired) electrons. The first-order valence-electron chi connectivity index (χ1n) is 8.56. The highest BCUT2D eigenvalue weighted by molar-refractivity contribution is 5.68. The Morgan fingerprint density at radius 1 is 1.04 bits per heavy atom. The molecule has 2 aromatic carbocycles. The fourth-order valence-electron chi connectivity index (χ4n) is 2.98. The molecule has 5 heteroatoms. The maximum Gasteiger partial charge on any atom is 0.410 e. The number of hydrogen-bond acceptors (Lipinski definition) is 3. The van der Waals surface area contributed by atoms with Crippen molar-refractivity contribution >= 4 is 6.09 Å². The van der Waals surface area contributed by atoms with Crippen LogP contribution in [0.5, 0.6) is 0 Å². The van der Waals surface area contributed by atoms with Crippen LogP contribution in [0.15, 0.2) is 60.7 Å². The second-order valence-corrected chi connectivity index (χ2v) is 6.34. The Morgan fingerprint density at radius 3 is 2.36 bits per heavy atom. The summed E-state index contributed by atoms with van der Waals surface area (Å²) in [5.74, 6) is -0.201. The number of halogens is 1. The van der Waals surface area contributed by atoms with Crippen molar-refractivity contribution in [3.63, 3.8) is 0 Å². The van der Waals surface area contributed by atoms with E-state index in [0.717, 1.165) is 11.1 Å². The van der Waals surface area contributed by atoms with Gasteiger partial charge in [0.2, 0.25) is 0 Å². The van der Waals surface area contributed by atoms with Crippen LogP contribution in [-0.2, 0) is 17.9 Å². The second-order valence-electron chi connectivity index (χ2n) is 6.34. The molecule has 1 amide bonds. The van der Waals surface area contributed by atoms with Gasteiger partial charge in [-0.1, -0.05) is 60.7 Å². The van der Waals surface area contributed by atoms with Crippen LogP contribution in [0.4, 0.5) is 9.18 Å². The lowest BCUT2D eigenvalue weighted by molar-refractivity contribution is 0.102. The Labute approximate surface area is 147 Å². The Morgan fingerprint density at radius 2 is 1.68 bits per heavy atom. The first kappa shape index (κ1) is 17.4. The van der Waals surface area contributed by atoms with Crippen LogP contribution in [0.1, 0.15) is 11.1 Å². The molecule has 0 saturated carbocycles. The van der Waals surface area contributed by atoms with Gasteiger partial charge in [-0.3, -0.25) is 0 Å². The quantitative estimate of drug-likeness (QED) is 0.875. The minimum absolute atomic E-state index is 0.102. The minimum Gasteiger partial charge on any atom is -0.445 e. The average Bonchev–Trinajstić information content (AvgIpc) is 3.02. The van der Waals surface area contributed by atoms with E-state index < -0.39 is 12.3 Å². The maximum absolute atomic E-state index is 14.2. The molecule has 0 aromatic heterocycles. The molecule has 0 bridgehead atoms. The van der Waals surface area contributed by atoms with Gasteiger partial charge in [0, 0.05) is 25.6 Å².